The molecule has 0 spiro atoms. The Labute approximate surface area is 253 Å². The van der Waals surface area contributed by atoms with Crippen molar-refractivity contribution in [3.63, 3.8) is 0 Å². The summed E-state index contributed by atoms with van der Waals surface area (Å²) in [6.45, 7) is 7.00. The third-order valence-corrected chi connectivity index (χ3v) is 8.48. The van der Waals surface area contributed by atoms with E-state index in [2.05, 4.69) is 16.5 Å². The Kier molecular flexibility index (Phi) is 7.99. The molecule has 236 valence electrons. The van der Waals surface area contributed by atoms with E-state index in [9.17, 15) is 31.2 Å². The normalized spacial score (nSPS) is 15.9. The van der Waals surface area contributed by atoms with Gasteiger partial charge in [0.15, 0.2) is 0 Å². The van der Waals surface area contributed by atoms with Gasteiger partial charge in [-0.25, -0.2) is 27.1 Å². The molecule has 1 aliphatic rings. The van der Waals surface area contributed by atoms with E-state index in [0.29, 0.717) is 6.07 Å². The van der Waals surface area contributed by atoms with Gasteiger partial charge >= 0.3 is 11.9 Å². The molecule has 1 aliphatic heterocycles. The molecule has 2 aromatic heterocycles. The number of aromatic nitrogens is 3. The van der Waals surface area contributed by atoms with Gasteiger partial charge in [-0.15, -0.1) is 0 Å². The second-order valence-corrected chi connectivity index (χ2v) is 11.9. The quantitative estimate of drug-likeness (QED) is 0.256. The first-order chi connectivity index (χ1) is 21.0. The molecular formula is C29H25F5N6O4S. The molecule has 1 amide bonds. The van der Waals surface area contributed by atoms with E-state index in [4.69, 9.17) is 5.14 Å². The van der Waals surface area contributed by atoms with Crippen LogP contribution in [0, 0.1) is 18.6 Å². The Balaban J connectivity index is 1.89. The lowest BCUT2D eigenvalue weighted by atomic mass is 9.96. The third kappa shape index (κ3) is 5.66. The molecule has 1 fully saturated rings. The second kappa shape index (κ2) is 11.3. The van der Waals surface area contributed by atoms with E-state index in [0.717, 1.165) is 47.2 Å². The van der Waals surface area contributed by atoms with Gasteiger partial charge in [0.25, 0.3) is 0 Å². The molecule has 3 heterocycles. The van der Waals surface area contributed by atoms with Crippen molar-refractivity contribution in [2.75, 3.05) is 24.5 Å². The zero-order valence-corrected chi connectivity index (χ0v) is 24.6. The highest BCUT2D eigenvalue weighted by molar-refractivity contribution is 7.89. The molecule has 0 saturated carbocycles. The van der Waals surface area contributed by atoms with Crippen molar-refractivity contribution < 1.29 is 35.2 Å². The standard InChI is InChI=1S/C29H25F5N6O4S/c1-4-24(41)38-10-11-39(15(2)14-38)27-18-12-21(31)17(25-19(29(32,33)34)6-5-7-20(25)30)13-22(18)40(28(42)37-27)26-16(3)36-9-8-23(26)45(35,43)44/h4-9,12-13,15H,1,10-11,14H2,2-3H3,(H2,35,43,44)/t15-/m0/s1. The van der Waals surface area contributed by atoms with E-state index in [-0.39, 0.29) is 53.6 Å². The van der Waals surface area contributed by atoms with Crippen LogP contribution in [0.25, 0.3) is 27.7 Å². The molecule has 1 atom stereocenters. The fourth-order valence-electron chi connectivity index (χ4n) is 5.53. The van der Waals surface area contributed by atoms with Crippen LogP contribution in [0.4, 0.5) is 27.8 Å². The number of amides is 1. The maximum atomic E-state index is 15.9. The number of piperazine rings is 1. The van der Waals surface area contributed by atoms with Crippen LogP contribution in [-0.4, -0.2) is 59.4 Å². The van der Waals surface area contributed by atoms with E-state index in [1.165, 1.54) is 11.8 Å². The molecule has 0 radical (unpaired) electrons. The summed E-state index contributed by atoms with van der Waals surface area (Å²) in [5, 5.41) is 5.32. The number of primary sulfonamides is 1. The van der Waals surface area contributed by atoms with Crippen LogP contribution in [0.5, 0.6) is 0 Å². The number of hydrogen-bond donors (Lipinski definition) is 1. The molecule has 1 saturated heterocycles. The summed E-state index contributed by atoms with van der Waals surface area (Å²) in [6, 6.07) is 4.33. The van der Waals surface area contributed by atoms with Crippen LogP contribution < -0.4 is 15.7 Å². The molecule has 4 aromatic rings. The predicted molar refractivity (Wildman–Crippen MR) is 155 cm³/mol. The lowest BCUT2D eigenvalue weighted by molar-refractivity contribution is -0.137. The summed E-state index contributed by atoms with van der Waals surface area (Å²) in [4.78, 5) is 36.8. The zero-order valence-electron chi connectivity index (χ0n) is 23.8. The van der Waals surface area contributed by atoms with Crippen LogP contribution in [0.2, 0.25) is 0 Å². The van der Waals surface area contributed by atoms with Crippen molar-refractivity contribution in [1.82, 2.24) is 19.4 Å². The molecule has 0 aliphatic carbocycles. The maximum Gasteiger partial charge on any atom is 0.417 e. The summed E-state index contributed by atoms with van der Waals surface area (Å²) in [6.07, 6.45) is -2.81. The highest BCUT2D eigenvalue weighted by atomic mass is 32.2. The summed E-state index contributed by atoms with van der Waals surface area (Å²) in [5.41, 5.74) is -5.22. The number of aryl methyl sites for hydroxylation is 1. The number of nitrogens with two attached hydrogens (primary N) is 1. The second-order valence-electron chi connectivity index (χ2n) is 10.4. The van der Waals surface area contributed by atoms with Crippen LogP contribution in [0.1, 0.15) is 18.2 Å². The van der Waals surface area contributed by atoms with E-state index < -0.39 is 61.2 Å². The average Bonchev–Trinajstić information content (AvgIpc) is 2.96. The predicted octanol–water partition coefficient (Wildman–Crippen LogP) is 3.92. The van der Waals surface area contributed by atoms with Gasteiger partial charge in [0.05, 0.1) is 22.5 Å². The van der Waals surface area contributed by atoms with Gasteiger partial charge in [-0.05, 0) is 50.3 Å². The highest BCUT2D eigenvalue weighted by Crippen LogP contribution is 2.41. The lowest BCUT2D eigenvalue weighted by Gasteiger charge is -2.40. The van der Waals surface area contributed by atoms with Crippen molar-refractivity contribution in [3.05, 3.63) is 88.6 Å². The number of carbonyl (C=O) groups excluding carboxylic acids is 1. The molecule has 10 nitrogen and oxygen atoms in total. The van der Waals surface area contributed by atoms with E-state index in [1.54, 1.807) is 11.8 Å². The summed E-state index contributed by atoms with van der Waals surface area (Å²) >= 11 is 0. The number of alkyl halides is 3. The van der Waals surface area contributed by atoms with Gasteiger partial charge in [-0.1, -0.05) is 12.6 Å². The number of nitrogens with zero attached hydrogens (tertiary/aromatic N) is 5. The molecule has 16 heteroatoms. The van der Waals surface area contributed by atoms with Gasteiger partial charge in [0.2, 0.25) is 15.9 Å². The number of benzene rings is 2. The van der Waals surface area contributed by atoms with E-state index in [1.807, 2.05) is 0 Å². The SMILES string of the molecule is C=CC(=O)N1CCN(c2nc(=O)n(-c3c(S(N)(=O)=O)ccnc3C)c3cc(-c4c(F)cccc4C(F)(F)F)c(F)cc23)[C@@H](C)C1. The summed E-state index contributed by atoms with van der Waals surface area (Å²) < 4.78 is 98.9. The molecule has 2 N–H and O–H groups in total. The number of hydrogen-bond acceptors (Lipinski definition) is 7. The number of pyridine rings is 1. The van der Waals surface area contributed by atoms with Gasteiger partial charge < -0.3 is 9.80 Å². The Hall–Kier alpha value is -4.70. The third-order valence-electron chi connectivity index (χ3n) is 7.53. The Bertz CT molecular complexity index is 2050. The molecule has 0 bridgehead atoms. The summed E-state index contributed by atoms with van der Waals surface area (Å²) in [5.74, 6) is -3.07. The molecule has 0 unspecified atom stereocenters. The first-order valence-electron chi connectivity index (χ1n) is 13.3. The first kappa shape index (κ1) is 31.7. The monoisotopic (exact) mass is 648 g/mol. The largest absolute Gasteiger partial charge is 0.417 e. The molecular weight excluding hydrogens is 623 g/mol. The Morgan fingerprint density at radius 2 is 1.84 bits per heavy atom. The van der Waals surface area contributed by atoms with Gasteiger partial charge in [0.1, 0.15) is 22.3 Å². The molecule has 45 heavy (non-hydrogen) atoms. The Morgan fingerprint density at radius 3 is 2.47 bits per heavy atom. The topological polar surface area (TPSA) is 131 Å². The number of anilines is 1. The number of sulfonamides is 1. The number of fused-ring (bicyclic) bond motifs is 1. The van der Waals surface area contributed by atoms with Crippen molar-refractivity contribution in [2.24, 2.45) is 5.14 Å². The fourth-order valence-corrected chi connectivity index (χ4v) is 6.29. The Morgan fingerprint density at radius 1 is 1.13 bits per heavy atom. The van der Waals surface area contributed by atoms with Crippen molar-refractivity contribution >= 4 is 32.7 Å². The van der Waals surface area contributed by atoms with Crippen molar-refractivity contribution in [2.45, 2.75) is 31.0 Å². The maximum absolute atomic E-state index is 15.9. The fraction of sp³-hybridized carbons (Fsp3) is 0.241. The smallest absolute Gasteiger partial charge is 0.350 e. The van der Waals surface area contributed by atoms with Gasteiger partial charge in [-0.2, -0.15) is 18.2 Å². The van der Waals surface area contributed by atoms with Crippen LogP contribution >= 0.6 is 0 Å². The number of rotatable bonds is 5. The minimum atomic E-state index is -5.08. The van der Waals surface area contributed by atoms with E-state index >= 15 is 8.78 Å². The van der Waals surface area contributed by atoms with Crippen LogP contribution in [-0.2, 0) is 21.0 Å². The van der Waals surface area contributed by atoms with Crippen molar-refractivity contribution in [1.29, 1.82) is 0 Å². The molecule has 5 rings (SSSR count). The lowest BCUT2D eigenvalue weighted by Crippen LogP contribution is -2.54. The van der Waals surface area contributed by atoms with Crippen LogP contribution in [0.3, 0.4) is 0 Å². The minimum Gasteiger partial charge on any atom is -0.350 e. The zero-order chi connectivity index (χ0) is 33.0. The minimum absolute atomic E-state index is 0.0304. The number of halogens is 5. The van der Waals surface area contributed by atoms with Crippen molar-refractivity contribution in [3.8, 4) is 16.8 Å². The number of carbonyl (C=O) groups is 1. The summed E-state index contributed by atoms with van der Waals surface area (Å²) in [7, 11) is -4.52. The first-order valence-corrected chi connectivity index (χ1v) is 14.9. The average molecular weight is 649 g/mol. The molecule has 2 aromatic carbocycles. The van der Waals surface area contributed by atoms with Gasteiger partial charge in [-0.3, -0.25) is 14.3 Å². The highest BCUT2D eigenvalue weighted by Gasteiger charge is 2.37. The van der Waals surface area contributed by atoms with Crippen LogP contribution in [0.15, 0.2) is 64.9 Å². The van der Waals surface area contributed by atoms with Gasteiger partial charge in [0, 0.05) is 48.4 Å².